The molecule has 1 aromatic heterocycles. The van der Waals surface area contributed by atoms with Crippen molar-refractivity contribution in [2.24, 2.45) is 0 Å². The van der Waals surface area contributed by atoms with Gasteiger partial charge in [0.15, 0.2) is 0 Å². The van der Waals surface area contributed by atoms with E-state index in [2.05, 4.69) is 32.7 Å². The maximum Gasteiger partial charge on any atom is 0.0410 e. The van der Waals surface area contributed by atoms with Gasteiger partial charge in [0.1, 0.15) is 0 Å². The fraction of sp³-hybridized carbons (Fsp3) is 0.333. The number of halogens is 2. The van der Waals surface area contributed by atoms with Crippen LogP contribution in [0, 0.1) is 0 Å². The van der Waals surface area contributed by atoms with Gasteiger partial charge in [-0.2, -0.15) is 0 Å². The zero-order chi connectivity index (χ0) is 13.2. The van der Waals surface area contributed by atoms with Gasteiger partial charge in [0.2, 0.25) is 0 Å². The predicted octanol–water partition coefficient (Wildman–Crippen LogP) is 5.33. The van der Waals surface area contributed by atoms with Crippen LogP contribution in [0.5, 0.6) is 0 Å². The number of rotatable bonds is 3. The summed E-state index contributed by atoms with van der Waals surface area (Å²) in [5, 5.41) is 6.67. The Morgan fingerprint density at radius 3 is 3.16 bits per heavy atom. The Kier molecular flexibility index (Phi) is 4.27. The summed E-state index contributed by atoms with van der Waals surface area (Å²) in [5.74, 6) is 0. The van der Waals surface area contributed by atoms with Crippen LogP contribution in [0.1, 0.15) is 34.9 Å². The van der Waals surface area contributed by atoms with Gasteiger partial charge in [-0.1, -0.05) is 27.5 Å². The minimum absolute atomic E-state index is 0.487. The van der Waals surface area contributed by atoms with Crippen LogP contribution in [-0.2, 0) is 13.0 Å². The molecule has 2 aromatic rings. The Balaban J connectivity index is 1.72. The lowest BCUT2D eigenvalue weighted by Crippen LogP contribution is -2.24. The van der Waals surface area contributed by atoms with E-state index in [0.29, 0.717) is 6.04 Å². The number of hydrogen-bond acceptors (Lipinski definition) is 2. The van der Waals surface area contributed by atoms with Crippen LogP contribution in [-0.4, -0.2) is 0 Å². The van der Waals surface area contributed by atoms with Crippen LogP contribution in [0.25, 0.3) is 0 Å². The highest BCUT2D eigenvalue weighted by Crippen LogP contribution is 2.33. The van der Waals surface area contributed by atoms with Crippen molar-refractivity contribution >= 4 is 38.9 Å². The van der Waals surface area contributed by atoms with E-state index in [9.17, 15) is 0 Å². The SMILES string of the molecule is Clc1ccc(Br)c(CNC2CCCc3sccc32)c1. The molecule has 0 aliphatic heterocycles. The first-order chi connectivity index (χ1) is 9.24. The molecule has 1 nitrogen and oxygen atoms in total. The molecule has 0 amide bonds. The van der Waals surface area contributed by atoms with E-state index >= 15 is 0 Å². The predicted molar refractivity (Wildman–Crippen MR) is 86.0 cm³/mol. The van der Waals surface area contributed by atoms with Crippen LogP contribution < -0.4 is 5.32 Å². The molecule has 1 heterocycles. The Morgan fingerprint density at radius 1 is 1.37 bits per heavy atom. The smallest absolute Gasteiger partial charge is 0.0410 e. The standard InChI is InChI=1S/C15H15BrClNS/c16-13-5-4-11(17)8-10(13)9-18-14-2-1-3-15-12(14)6-7-19-15/h4-8,14,18H,1-3,9H2. The minimum atomic E-state index is 0.487. The molecule has 1 aromatic carbocycles. The fourth-order valence-corrected chi connectivity index (χ4v) is 4.18. The van der Waals surface area contributed by atoms with Crippen molar-refractivity contribution in [3.8, 4) is 0 Å². The lowest BCUT2D eigenvalue weighted by molar-refractivity contribution is 0.463. The van der Waals surface area contributed by atoms with Gasteiger partial charge >= 0.3 is 0 Å². The molecule has 0 spiro atoms. The van der Waals surface area contributed by atoms with Gasteiger partial charge in [-0.25, -0.2) is 0 Å². The van der Waals surface area contributed by atoms with Crippen LogP contribution in [0.4, 0.5) is 0 Å². The molecule has 1 unspecified atom stereocenters. The maximum atomic E-state index is 6.06. The van der Waals surface area contributed by atoms with Crippen molar-refractivity contribution < 1.29 is 0 Å². The average Bonchev–Trinajstić information content (AvgIpc) is 2.88. The third-order valence-corrected chi connectivity index (χ3v) is 5.60. The van der Waals surface area contributed by atoms with Gasteiger partial charge < -0.3 is 5.32 Å². The lowest BCUT2D eigenvalue weighted by atomic mass is 9.94. The third-order valence-electron chi connectivity index (χ3n) is 3.60. The van der Waals surface area contributed by atoms with E-state index in [-0.39, 0.29) is 0 Å². The van der Waals surface area contributed by atoms with Gasteiger partial charge in [-0.3, -0.25) is 0 Å². The molecule has 1 atom stereocenters. The summed E-state index contributed by atoms with van der Waals surface area (Å²) in [5.41, 5.74) is 2.71. The molecule has 19 heavy (non-hydrogen) atoms. The van der Waals surface area contributed by atoms with E-state index in [1.807, 2.05) is 29.5 Å². The first-order valence-corrected chi connectivity index (χ1v) is 8.52. The van der Waals surface area contributed by atoms with E-state index < -0.39 is 0 Å². The molecule has 1 N–H and O–H groups in total. The van der Waals surface area contributed by atoms with Crippen LogP contribution in [0.15, 0.2) is 34.1 Å². The van der Waals surface area contributed by atoms with Crippen molar-refractivity contribution in [2.45, 2.75) is 31.8 Å². The van der Waals surface area contributed by atoms with E-state index in [4.69, 9.17) is 11.6 Å². The quantitative estimate of drug-likeness (QED) is 0.783. The molecule has 1 aliphatic carbocycles. The highest BCUT2D eigenvalue weighted by atomic mass is 79.9. The van der Waals surface area contributed by atoms with Crippen LogP contribution in [0.3, 0.4) is 0 Å². The molecule has 0 saturated heterocycles. The average molecular weight is 357 g/mol. The second-order valence-corrected chi connectivity index (χ2v) is 7.15. The molecule has 4 heteroatoms. The first-order valence-electron chi connectivity index (χ1n) is 6.47. The number of benzene rings is 1. The molecule has 1 aliphatic rings. The summed E-state index contributed by atoms with van der Waals surface area (Å²) in [6, 6.07) is 8.70. The summed E-state index contributed by atoms with van der Waals surface area (Å²) in [6.07, 6.45) is 3.75. The summed E-state index contributed by atoms with van der Waals surface area (Å²) in [6.45, 7) is 0.848. The van der Waals surface area contributed by atoms with Crippen molar-refractivity contribution in [1.82, 2.24) is 5.32 Å². The lowest BCUT2D eigenvalue weighted by Gasteiger charge is -2.24. The largest absolute Gasteiger partial charge is 0.306 e. The maximum absolute atomic E-state index is 6.06. The molecular weight excluding hydrogens is 342 g/mol. The summed E-state index contributed by atoms with van der Waals surface area (Å²) >= 11 is 11.5. The summed E-state index contributed by atoms with van der Waals surface area (Å²) in [7, 11) is 0. The number of fused-ring (bicyclic) bond motifs is 1. The van der Waals surface area contributed by atoms with E-state index in [0.717, 1.165) is 16.0 Å². The van der Waals surface area contributed by atoms with E-state index in [1.54, 1.807) is 4.88 Å². The Hall–Kier alpha value is -0.350. The third kappa shape index (κ3) is 3.05. The van der Waals surface area contributed by atoms with Crippen LogP contribution in [0.2, 0.25) is 5.02 Å². The number of aryl methyl sites for hydroxylation is 1. The molecule has 0 bridgehead atoms. The van der Waals surface area contributed by atoms with Crippen molar-refractivity contribution in [1.29, 1.82) is 0 Å². The molecule has 0 radical (unpaired) electrons. The second-order valence-electron chi connectivity index (χ2n) is 4.86. The van der Waals surface area contributed by atoms with Gasteiger partial charge in [-0.05, 0) is 60.0 Å². The number of hydrogen-bond donors (Lipinski definition) is 1. The molecule has 0 saturated carbocycles. The van der Waals surface area contributed by atoms with Gasteiger partial charge in [0.25, 0.3) is 0 Å². The Bertz CT molecular complexity index is 581. The van der Waals surface area contributed by atoms with Gasteiger partial charge in [0, 0.05) is 27.0 Å². The second kappa shape index (κ2) is 5.96. The number of thiophene rings is 1. The molecule has 100 valence electrons. The highest BCUT2D eigenvalue weighted by molar-refractivity contribution is 9.10. The van der Waals surface area contributed by atoms with E-state index in [1.165, 1.54) is 30.4 Å². The normalized spacial score (nSPS) is 18.3. The zero-order valence-electron chi connectivity index (χ0n) is 10.5. The Morgan fingerprint density at radius 2 is 2.26 bits per heavy atom. The minimum Gasteiger partial charge on any atom is -0.306 e. The van der Waals surface area contributed by atoms with Crippen molar-refractivity contribution in [3.63, 3.8) is 0 Å². The summed E-state index contributed by atoms with van der Waals surface area (Å²) < 4.78 is 1.12. The zero-order valence-corrected chi connectivity index (χ0v) is 13.6. The van der Waals surface area contributed by atoms with Gasteiger partial charge in [0.05, 0.1) is 0 Å². The number of nitrogens with one attached hydrogen (secondary N) is 1. The van der Waals surface area contributed by atoms with Crippen LogP contribution >= 0.6 is 38.9 Å². The Labute approximate surface area is 131 Å². The topological polar surface area (TPSA) is 12.0 Å². The van der Waals surface area contributed by atoms with Crippen molar-refractivity contribution in [2.75, 3.05) is 0 Å². The van der Waals surface area contributed by atoms with Gasteiger partial charge in [-0.15, -0.1) is 11.3 Å². The molecule has 3 rings (SSSR count). The first kappa shape index (κ1) is 13.6. The molecular formula is C15H15BrClNS. The summed E-state index contributed by atoms with van der Waals surface area (Å²) in [4.78, 5) is 1.55. The van der Waals surface area contributed by atoms with Crippen molar-refractivity contribution in [3.05, 3.63) is 55.1 Å². The molecule has 0 fully saturated rings. The highest BCUT2D eigenvalue weighted by Gasteiger charge is 2.20. The fourth-order valence-electron chi connectivity index (χ4n) is 2.61. The monoisotopic (exact) mass is 355 g/mol.